The maximum absolute atomic E-state index is 14.0. The molecule has 0 saturated carbocycles. The summed E-state index contributed by atoms with van der Waals surface area (Å²) < 4.78 is 60.5. The Morgan fingerprint density at radius 1 is 1.44 bits per heavy atom. The molecule has 1 N–H and O–H groups in total. The monoisotopic (exact) mass is 394 g/mol. The fraction of sp³-hybridized carbons (Fsp3) is 0.588. The molecule has 1 aromatic carbocycles. The smallest absolute Gasteiger partial charge is 0.422 e. The highest BCUT2D eigenvalue weighted by molar-refractivity contribution is 5.69. The van der Waals surface area contributed by atoms with Crippen LogP contribution in [0.2, 0.25) is 0 Å². The topological polar surface area (TPSA) is 62.2 Å². The minimum absolute atomic E-state index is 0.0928. The number of nitrogens with zero attached hydrogens (tertiary/aromatic N) is 2. The molecule has 1 unspecified atom stereocenters. The number of carbonyl (C=O) groups is 1. The lowest BCUT2D eigenvalue weighted by Gasteiger charge is -2.34. The van der Waals surface area contributed by atoms with Crippen molar-refractivity contribution in [2.75, 3.05) is 46.4 Å². The molecule has 2 rings (SSSR count). The first-order valence-electron chi connectivity index (χ1n) is 8.34. The summed E-state index contributed by atoms with van der Waals surface area (Å²) in [5.41, 5.74) is 0.603. The van der Waals surface area contributed by atoms with Gasteiger partial charge in [0.25, 0.3) is 0 Å². The number of hydrogen-bond donors (Lipinski definition) is 1. The quantitative estimate of drug-likeness (QED) is 0.681. The van der Waals surface area contributed by atoms with Crippen LogP contribution in [0.3, 0.4) is 0 Å². The van der Waals surface area contributed by atoms with Crippen LogP contribution in [0.5, 0.6) is 5.75 Å². The fourth-order valence-corrected chi connectivity index (χ4v) is 2.86. The number of aliphatic carboxylic acids is 1. The molecular formula is C17H22F4N2O4. The van der Waals surface area contributed by atoms with Gasteiger partial charge in [-0.25, -0.2) is 4.39 Å². The third kappa shape index (κ3) is 7.69. The molecule has 1 heterocycles. The van der Waals surface area contributed by atoms with E-state index in [1.54, 1.807) is 11.9 Å². The molecule has 0 amide bonds. The van der Waals surface area contributed by atoms with Crippen molar-refractivity contribution in [3.63, 3.8) is 0 Å². The van der Waals surface area contributed by atoms with Crippen molar-refractivity contribution in [2.24, 2.45) is 0 Å². The molecule has 0 spiro atoms. The molecule has 10 heteroatoms. The lowest BCUT2D eigenvalue weighted by atomic mass is 10.1. The van der Waals surface area contributed by atoms with Gasteiger partial charge in [0.05, 0.1) is 19.3 Å². The lowest BCUT2D eigenvalue weighted by Crippen LogP contribution is -2.47. The van der Waals surface area contributed by atoms with E-state index in [-0.39, 0.29) is 12.6 Å². The summed E-state index contributed by atoms with van der Waals surface area (Å²) in [5, 5.41) is 8.79. The van der Waals surface area contributed by atoms with E-state index in [1.165, 1.54) is 12.1 Å². The highest BCUT2D eigenvalue weighted by atomic mass is 19.4. The number of hydrogen-bond acceptors (Lipinski definition) is 5. The summed E-state index contributed by atoms with van der Waals surface area (Å²) in [6, 6.07) is 3.87. The van der Waals surface area contributed by atoms with E-state index in [0.29, 0.717) is 38.3 Å². The van der Waals surface area contributed by atoms with E-state index >= 15 is 0 Å². The lowest BCUT2D eigenvalue weighted by molar-refractivity contribution is -0.153. The Kier molecular flexibility index (Phi) is 7.40. The van der Waals surface area contributed by atoms with Crippen LogP contribution in [-0.2, 0) is 16.1 Å². The first kappa shape index (κ1) is 21.4. The first-order valence-corrected chi connectivity index (χ1v) is 8.34. The van der Waals surface area contributed by atoms with Crippen molar-refractivity contribution in [1.29, 1.82) is 0 Å². The van der Waals surface area contributed by atoms with Gasteiger partial charge in [0.2, 0.25) is 0 Å². The summed E-state index contributed by atoms with van der Waals surface area (Å²) >= 11 is 0. The second-order valence-electron chi connectivity index (χ2n) is 6.49. The fourth-order valence-electron chi connectivity index (χ4n) is 2.86. The second kappa shape index (κ2) is 9.34. The number of rotatable bonds is 8. The Bertz CT molecular complexity index is 642. The molecule has 0 bridgehead atoms. The van der Waals surface area contributed by atoms with Crippen molar-refractivity contribution in [3.8, 4) is 5.75 Å². The molecule has 0 aromatic heterocycles. The van der Waals surface area contributed by atoms with E-state index < -0.39 is 30.3 Å². The molecule has 1 aliphatic rings. The number of morpholine rings is 1. The van der Waals surface area contributed by atoms with Gasteiger partial charge in [0.15, 0.2) is 18.2 Å². The van der Waals surface area contributed by atoms with Gasteiger partial charge in [0.1, 0.15) is 0 Å². The number of carboxylic acid groups (broad SMARTS) is 1. The summed E-state index contributed by atoms with van der Waals surface area (Å²) in [6.07, 6.45) is -4.70. The highest BCUT2D eigenvalue weighted by Gasteiger charge is 2.29. The van der Waals surface area contributed by atoms with Crippen molar-refractivity contribution in [1.82, 2.24) is 9.80 Å². The van der Waals surface area contributed by atoms with Gasteiger partial charge in [-0.15, -0.1) is 0 Å². The molecule has 1 fully saturated rings. The van der Waals surface area contributed by atoms with Gasteiger partial charge in [-0.1, -0.05) is 6.07 Å². The van der Waals surface area contributed by atoms with Crippen LogP contribution in [0.4, 0.5) is 17.6 Å². The number of halogens is 4. The molecule has 152 valence electrons. The van der Waals surface area contributed by atoms with E-state index in [1.807, 2.05) is 4.90 Å². The van der Waals surface area contributed by atoms with Gasteiger partial charge < -0.3 is 14.6 Å². The third-order valence-electron chi connectivity index (χ3n) is 3.94. The van der Waals surface area contributed by atoms with Crippen LogP contribution in [0.25, 0.3) is 0 Å². The number of benzene rings is 1. The Balaban J connectivity index is 1.88. The standard InChI is InChI=1S/C17H22F4N2O4/c1-22(10-16(24)25)8-13-9-23(4-5-26-13)7-12-2-3-15(14(18)6-12)27-11-17(19,20)21/h2-3,6,13H,4-5,7-11H2,1H3,(H,24,25). The predicted molar refractivity (Wildman–Crippen MR) is 88.1 cm³/mol. The molecular weight excluding hydrogens is 372 g/mol. The summed E-state index contributed by atoms with van der Waals surface area (Å²) in [7, 11) is 1.69. The van der Waals surface area contributed by atoms with Gasteiger partial charge in [0, 0.05) is 26.2 Å². The largest absolute Gasteiger partial charge is 0.481 e. The molecule has 1 saturated heterocycles. The normalized spacial score (nSPS) is 18.7. The molecule has 0 radical (unpaired) electrons. The molecule has 1 aromatic rings. The van der Waals surface area contributed by atoms with Gasteiger partial charge >= 0.3 is 12.1 Å². The van der Waals surface area contributed by atoms with Crippen LogP contribution in [0.15, 0.2) is 18.2 Å². The van der Waals surface area contributed by atoms with E-state index in [0.717, 1.165) is 6.07 Å². The maximum Gasteiger partial charge on any atom is 0.422 e. The van der Waals surface area contributed by atoms with E-state index in [4.69, 9.17) is 9.84 Å². The van der Waals surface area contributed by atoms with Crippen LogP contribution in [0, 0.1) is 5.82 Å². The third-order valence-corrected chi connectivity index (χ3v) is 3.94. The minimum Gasteiger partial charge on any atom is -0.481 e. The minimum atomic E-state index is -4.53. The van der Waals surface area contributed by atoms with Gasteiger partial charge in [-0.05, 0) is 24.7 Å². The van der Waals surface area contributed by atoms with Crippen LogP contribution < -0.4 is 4.74 Å². The molecule has 6 nitrogen and oxygen atoms in total. The summed E-state index contributed by atoms with van der Waals surface area (Å²) in [6.45, 7) is 0.828. The second-order valence-corrected chi connectivity index (χ2v) is 6.49. The summed E-state index contributed by atoms with van der Waals surface area (Å²) in [4.78, 5) is 14.4. The average molecular weight is 394 g/mol. The van der Waals surface area contributed by atoms with E-state index in [2.05, 4.69) is 4.74 Å². The summed E-state index contributed by atoms with van der Waals surface area (Å²) in [5.74, 6) is -2.21. The number of likely N-dealkylation sites (N-methyl/N-ethyl adjacent to an activating group) is 1. The van der Waals surface area contributed by atoms with E-state index in [9.17, 15) is 22.4 Å². The number of carboxylic acids is 1. The van der Waals surface area contributed by atoms with Crippen molar-refractivity contribution < 1.29 is 36.9 Å². The van der Waals surface area contributed by atoms with Gasteiger partial charge in [-0.2, -0.15) is 13.2 Å². The van der Waals surface area contributed by atoms with Crippen molar-refractivity contribution in [3.05, 3.63) is 29.6 Å². The zero-order valence-electron chi connectivity index (χ0n) is 14.8. The van der Waals surface area contributed by atoms with Crippen LogP contribution in [-0.4, -0.2) is 79.6 Å². The Morgan fingerprint density at radius 3 is 2.81 bits per heavy atom. The molecule has 0 aliphatic carbocycles. The Hall–Kier alpha value is -1.91. The van der Waals surface area contributed by atoms with Crippen LogP contribution in [0.1, 0.15) is 5.56 Å². The zero-order chi connectivity index (χ0) is 20.0. The predicted octanol–water partition coefficient (Wildman–Crippen LogP) is 1.98. The van der Waals surface area contributed by atoms with Crippen molar-refractivity contribution >= 4 is 5.97 Å². The maximum atomic E-state index is 14.0. The Labute approximate surface area is 154 Å². The van der Waals surface area contributed by atoms with Gasteiger partial charge in [-0.3, -0.25) is 14.6 Å². The molecule has 1 aliphatic heterocycles. The zero-order valence-corrected chi connectivity index (χ0v) is 14.8. The Morgan fingerprint density at radius 2 is 2.19 bits per heavy atom. The molecule has 27 heavy (non-hydrogen) atoms. The number of ether oxygens (including phenoxy) is 2. The average Bonchev–Trinajstić information content (AvgIpc) is 2.52. The first-order chi connectivity index (χ1) is 12.6. The number of alkyl halides is 3. The highest BCUT2D eigenvalue weighted by Crippen LogP contribution is 2.23. The SMILES string of the molecule is CN(CC(=O)O)CC1CN(Cc2ccc(OCC(F)(F)F)c(F)c2)CCO1. The van der Waals surface area contributed by atoms with Crippen molar-refractivity contribution in [2.45, 2.75) is 18.8 Å². The van der Waals surface area contributed by atoms with Crippen LogP contribution >= 0.6 is 0 Å². The molecule has 1 atom stereocenters.